The van der Waals surface area contributed by atoms with E-state index in [-0.39, 0.29) is 11.3 Å². The zero-order valence-corrected chi connectivity index (χ0v) is 9.08. The van der Waals surface area contributed by atoms with E-state index in [1.165, 1.54) is 14.0 Å². The predicted octanol–water partition coefficient (Wildman–Crippen LogP) is 2.12. The molecule has 1 aromatic rings. The molecule has 1 heterocycles. The van der Waals surface area contributed by atoms with Gasteiger partial charge in [-0.3, -0.25) is 4.98 Å². The van der Waals surface area contributed by atoms with Gasteiger partial charge in [-0.15, -0.1) is 0 Å². The molecule has 4 nitrogen and oxygen atoms in total. The summed E-state index contributed by atoms with van der Waals surface area (Å²) in [4.78, 5) is 15.1. The molecule has 0 bridgehead atoms. The summed E-state index contributed by atoms with van der Waals surface area (Å²) in [6.07, 6.45) is -1.77. The molecular weight excluding hydrogens is 220 g/mol. The van der Waals surface area contributed by atoms with Crippen molar-refractivity contribution in [3.8, 4) is 5.75 Å². The second-order valence-corrected chi connectivity index (χ2v) is 3.00. The minimum atomic E-state index is -2.83. The lowest BCUT2D eigenvalue weighted by molar-refractivity contribution is 0.0587. The zero-order valence-electron chi connectivity index (χ0n) is 9.08. The van der Waals surface area contributed by atoms with Crippen molar-refractivity contribution in [1.82, 2.24) is 4.98 Å². The van der Waals surface area contributed by atoms with Crippen LogP contribution in [0.4, 0.5) is 8.78 Å². The van der Waals surface area contributed by atoms with E-state index in [4.69, 9.17) is 4.74 Å². The van der Waals surface area contributed by atoms with Crippen LogP contribution in [0, 0.1) is 6.92 Å². The number of aryl methyl sites for hydroxylation is 1. The summed E-state index contributed by atoms with van der Waals surface area (Å²) >= 11 is 0. The van der Waals surface area contributed by atoms with Crippen molar-refractivity contribution in [1.29, 1.82) is 0 Å². The largest absolute Gasteiger partial charge is 0.494 e. The van der Waals surface area contributed by atoms with Gasteiger partial charge in [0.1, 0.15) is 5.75 Å². The minimum Gasteiger partial charge on any atom is -0.494 e. The molecule has 6 heteroatoms. The number of nitrogens with zero attached hydrogens (tertiary/aromatic N) is 1. The second-order valence-electron chi connectivity index (χ2n) is 3.00. The average molecular weight is 231 g/mol. The number of pyridine rings is 1. The van der Waals surface area contributed by atoms with Gasteiger partial charge in [-0.25, -0.2) is 13.6 Å². The number of halogens is 2. The Balaban J connectivity index is 3.45. The van der Waals surface area contributed by atoms with Gasteiger partial charge in [0.2, 0.25) is 0 Å². The molecule has 0 aliphatic heterocycles. The van der Waals surface area contributed by atoms with Crippen LogP contribution in [0.5, 0.6) is 5.75 Å². The summed E-state index contributed by atoms with van der Waals surface area (Å²) in [5.41, 5.74) is -0.466. The molecule has 0 unspecified atom stereocenters. The molecule has 0 saturated heterocycles. The van der Waals surface area contributed by atoms with Crippen LogP contribution in [0.2, 0.25) is 0 Å². The van der Waals surface area contributed by atoms with Gasteiger partial charge in [-0.05, 0) is 6.92 Å². The fraction of sp³-hybridized carbons (Fsp3) is 0.400. The van der Waals surface area contributed by atoms with Gasteiger partial charge in [0.05, 0.1) is 31.0 Å². The van der Waals surface area contributed by atoms with E-state index in [2.05, 4.69) is 9.72 Å². The lowest BCUT2D eigenvalue weighted by atomic mass is 10.1. The molecule has 0 radical (unpaired) electrons. The number of methoxy groups -OCH3 is 2. The Labute approximate surface area is 91.2 Å². The summed E-state index contributed by atoms with van der Waals surface area (Å²) in [7, 11) is 2.36. The Morgan fingerprint density at radius 1 is 1.44 bits per heavy atom. The molecule has 1 aromatic heterocycles. The molecule has 0 aliphatic carbocycles. The molecule has 88 valence electrons. The first-order valence-corrected chi connectivity index (χ1v) is 4.42. The highest BCUT2D eigenvalue weighted by Crippen LogP contribution is 2.33. The van der Waals surface area contributed by atoms with Crippen molar-refractivity contribution in [2.45, 2.75) is 13.3 Å². The van der Waals surface area contributed by atoms with Crippen LogP contribution in [0.3, 0.4) is 0 Å². The molecule has 1 rings (SSSR count). The topological polar surface area (TPSA) is 48.4 Å². The molecule has 0 aliphatic rings. The van der Waals surface area contributed by atoms with Crippen LogP contribution in [-0.4, -0.2) is 25.2 Å². The first-order chi connectivity index (χ1) is 7.52. The van der Waals surface area contributed by atoms with Gasteiger partial charge in [0, 0.05) is 6.20 Å². The van der Waals surface area contributed by atoms with Crippen molar-refractivity contribution in [2.24, 2.45) is 0 Å². The Bertz CT molecular complexity index is 407. The lowest BCUT2D eigenvalue weighted by Gasteiger charge is -2.13. The fourth-order valence-corrected chi connectivity index (χ4v) is 1.35. The zero-order chi connectivity index (χ0) is 12.3. The highest BCUT2D eigenvalue weighted by molar-refractivity contribution is 5.91. The number of alkyl halides is 2. The van der Waals surface area contributed by atoms with Gasteiger partial charge in [-0.2, -0.15) is 0 Å². The number of aromatic nitrogens is 1. The number of hydrogen-bond donors (Lipinski definition) is 0. The van der Waals surface area contributed by atoms with E-state index in [9.17, 15) is 13.6 Å². The van der Waals surface area contributed by atoms with E-state index >= 15 is 0 Å². The summed E-state index contributed by atoms with van der Waals surface area (Å²) in [6.45, 7) is 1.52. The van der Waals surface area contributed by atoms with E-state index in [1.54, 1.807) is 0 Å². The number of ether oxygens (including phenoxy) is 2. The molecule has 0 spiro atoms. The van der Waals surface area contributed by atoms with E-state index in [0.717, 1.165) is 13.3 Å². The maximum atomic E-state index is 12.8. The molecule has 0 N–H and O–H groups in total. The minimum absolute atomic E-state index is 0.0853. The molecule has 0 aromatic carbocycles. The van der Waals surface area contributed by atoms with Crippen molar-refractivity contribution in [2.75, 3.05) is 14.2 Å². The van der Waals surface area contributed by atoms with Gasteiger partial charge < -0.3 is 9.47 Å². The number of carbonyl (C=O) groups excluding carboxylic acids is 1. The Hall–Kier alpha value is -1.72. The Morgan fingerprint density at radius 2 is 2.06 bits per heavy atom. The van der Waals surface area contributed by atoms with Gasteiger partial charge in [0.25, 0.3) is 6.43 Å². The normalized spacial score (nSPS) is 10.4. The molecule has 0 fully saturated rings. The molecule has 16 heavy (non-hydrogen) atoms. The first-order valence-electron chi connectivity index (χ1n) is 4.42. The average Bonchev–Trinajstić information content (AvgIpc) is 2.27. The number of carbonyl (C=O) groups is 1. The van der Waals surface area contributed by atoms with E-state index < -0.39 is 18.0 Å². The number of esters is 1. The van der Waals surface area contributed by atoms with Crippen molar-refractivity contribution in [3.05, 3.63) is 23.0 Å². The van der Waals surface area contributed by atoms with Crippen LogP contribution in [-0.2, 0) is 4.74 Å². The van der Waals surface area contributed by atoms with Crippen molar-refractivity contribution >= 4 is 5.97 Å². The van der Waals surface area contributed by atoms with E-state index in [0.29, 0.717) is 5.69 Å². The molecule has 0 amide bonds. The SMILES string of the molecule is COC(=O)c1cnc(C)c(OC)c1C(F)F. The molecule has 0 saturated carbocycles. The van der Waals surface area contributed by atoms with Gasteiger partial charge >= 0.3 is 5.97 Å². The van der Waals surface area contributed by atoms with Crippen LogP contribution in [0.15, 0.2) is 6.20 Å². The summed E-state index contributed by atoms with van der Waals surface area (Å²) in [6, 6.07) is 0. The summed E-state index contributed by atoms with van der Waals surface area (Å²) < 4.78 is 34.9. The summed E-state index contributed by atoms with van der Waals surface area (Å²) in [5.74, 6) is -0.945. The number of rotatable bonds is 3. The summed E-state index contributed by atoms with van der Waals surface area (Å²) in [5, 5.41) is 0. The highest BCUT2D eigenvalue weighted by Gasteiger charge is 2.25. The van der Waals surface area contributed by atoms with Crippen molar-refractivity contribution < 1.29 is 23.0 Å². The van der Waals surface area contributed by atoms with Crippen molar-refractivity contribution in [3.63, 3.8) is 0 Å². The third-order valence-corrected chi connectivity index (χ3v) is 2.08. The third kappa shape index (κ3) is 2.10. The smallest absolute Gasteiger partial charge is 0.340 e. The second kappa shape index (κ2) is 4.87. The maximum absolute atomic E-state index is 12.8. The molecular formula is C10H11F2NO3. The lowest BCUT2D eigenvalue weighted by Crippen LogP contribution is -2.10. The fourth-order valence-electron chi connectivity index (χ4n) is 1.35. The number of hydrogen-bond acceptors (Lipinski definition) is 4. The standard InChI is InChI=1S/C10H11F2NO3/c1-5-8(15-2)7(9(11)12)6(4-13-5)10(14)16-3/h4,9H,1-3H3. The van der Waals surface area contributed by atoms with Gasteiger partial charge in [0.15, 0.2) is 0 Å². The van der Waals surface area contributed by atoms with Crippen LogP contribution >= 0.6 is 0 Å². The monoisotopic (exact) mass is 231 g/mol. The van der Waals surface area contributed by atoms with Gasteiger partial charge in [-0.1, -0.05) is 0 Å². The Morgan fingerprint density at radius 3 is 2.50 bits per heavy atom. The maximum Gasteiger partial charge on any atom is 0.340 e. The Kier molecular flexibility index (Phi) is 3.76. The molecule has 0 atom stereocenters. The van der Waals surface area contributed by atoms with Crippen LogP contribution in [0.25, 0.3) is 0 Å². The first kappa shape index (κ1) is 12.4. The predicted molar refractivity (Wildman–Crippen MR) is 51.8 cm³/mol. The highest BCUT2D eigenvalue weighted by atomic mass is 19.3. The third-order valence-electron chi connectivity index (χ3n) is 2.08. The van der Waals surface area contributed by atoms with Crippen LogP contribution < -0.4 is 4.74 Å². The van der Waals surface area contributed by atoms with Crippen LogP contribution in [0.1, 0.15) is 28.0 Å². The van der Waals surface area contributed by atoms with E-state index in [1.807, 2.05) is 0 Å². The quantitative estimate of drug-likeness (QED) is 0.747.